The smallest absolute Gasteiger partial charge is 1.00 e. The molecule has 0 fully saturated rings. The minimum atomic E-state index is 0. The summed E-state index contributed by atoms with van der Waals surface area (Å²) in [6.45, 7) is 28.1. The van der Waals surface area contributed by atoms with Crippen LogP contribution in [-0.4, -0.2) is 10.9 Å². The Kier molecular flexibility index (Phi) is 22.9. The fourth-order valence-corrected chi connectivity index (χ4v) is 8.76. The van der Waals surface area contributed by atoms with Crippen LogP contribution in [0.15, 0.2) is 72.8 Å². The molecule has 0 aliphatic heterocycles. The van der Waals surface area contributed by atoms with E-state index < -0.39 is 0 Å². The molecule has 0 aromatic heterocycles. The maximum absolute atomic E-state index is 2.35. The van der Waals surface area contributed by atoms with Crippen LogP contribution in [0.2, 0.25) is 26.2 Å². The van der Waals surface area contributed by atoms with Crippen LogP contribution in [0.3, 0.4) is 0 Å². The van der Waals surface area contributed by atoms with E-state index in [9.17, 15) is 0 Å². The molecule has 54 heavy (non-hydrogen) atoms. The Morgan fingerprint density at radius 2 is 0.574 bits per heavy atom. The Bertz CT molecular complexity index is 1440. The summed E-state index contributed by atoms with van der Waals surface area (Å²) in [7, 11) is 0. The average Bonchev–Trinajstić information content (AvgIpc) is 3.85. The van der Waals surface area contributed by atoms with Crippen LogP contribution in [0, 0.1) is 0 Å². The molecular formula is C48H72Cl2Si2Zr2-2. The van der Waals surface area contributed by atoms with Gasteiger partial charge in [0.25, 0.3) is 0 Å². The molecule has 4 aromatic carbocycles. The van der Waals surface area contributed by atoms with Gasteiger partial charge in [0.2, 0.25) is 0 Å². The summed E-state index contributed by atoms with van der Waals surface area (Å²) in [6, 6.07) is 27.0. The summed E-state index contributed by atoms with van der Waals surface area (Å²) in [6.07, 6.45) is 16.1. The molecule has 8 rings (SSSR count). The van der Waals surface area contributed by atoms with Gasteiger partial charge in [-0.25, -0.2) is 24.3 Å². The first-order valence-corrected chi connectivity index (χ1v) is 32.7. The van der Waals surface area contributed by atoms with Crippen LogP contribution in [0.25, 0.3) is 0 Å². The Morgan fingerprint density at radius 1 is 0.407 bits per heavy atom. The second-order valence-corrected chi connectivity index (χ2v) is 37.6. The molecule has 0 amide bonds. The zero-order valence-corrected chi connectivity index (χ0v) is 44.6. The predicted molar refractivity (Wildman–Crippen MR) is 227 cm³/mol. The average molecular weight is 959 g/mol. The summed E-state index contributed by atoms with van der Waals surface area (Å²) in [5, 5.41) is 0. The molecule has 0 radical (unpaired) electrons. The maximum atomic E-state index is 2.35. The van der Waals surface area contributed by atoms with Crippen molar-refractivity contribution < 1.29 is 71.5 Å². The largest absolute Gasteiger partial charge is 1.00 e. The van der Waals surface area contributed by atoms with Crippen molar-refractivity contribution in [3.8, 4) is 0 Å². The van der Waals surface area contributed by atoms with Gasteiger partial charge in [-0.3, -0.25) is 0 Å². The fourth-order valence-electron chi connectivity index (χ4n) is 8.76. The molecule has 6 heteroatoms. The van der Waals surface area contributed by atoms with E-state index in [1.54, 1.807) is 91.2 Å². The van der Waals surface area contributed by atoms with Crippen LogP contribution in [0.4, 0.5) is 0 Å². The summed E-state index contributed by atoms with van der Waals surface area (Å²) >= 11 is 3.48. The number of fused-ring (bicyclic) bond motifs is 4. The first-order valence-electron chi connectivity index (χ1n) is 20.3. The predicted octanol–water partition coefficient (Wildman–Crippen LogP) is 7.65. The van der Waals surface area contributed by atoms with Gasteiger partial charge in [-0.2, -0.15) is 93.0 Å². The van der Waals surface area contributed by atoms with Gasteiger partial charge in [-0.15, -0.1) is 0 Å². The van der Waals surface area contributed by atoms with E-state index in [1.165, 1.54) is 77.0 Å². The Balaban J connectivity index is 0.000000334. The van der Waals surface area contributed by atoms with Crippen LogP contribution >= 0.6 is 0 Å². The topological polar surface area (TPSA) is 0 Å². The van der Waals surface area contributed by atoms with Crippen molar-refractivity contribution in [1.29, 1.82) is 0 Å². The van der Waals surface area contributed by atoms with Gasteiger partial charge in [-0.05, 0) is 0 Å². The second kappa shape index (κ2) is 23.7. The normalized spacial score (nSPS) is 18.4. The minimum absolute atomic E-state index is 0. The molecule has 4 aromatic rings. The third-order valence-electron chi connectivity index (χ3n) is 11.5. The molecule has 0 atom stereocenters. The molecule has 0 spiro atoms. The molecule has 296 valence electrons. The van der Waals surface area contributed by atoms with Gasteiger partial charge < -0.3 is 24.8 Å². The molecule has 0 saturated heterocycles. The Labute approximate surface area is 376 Å². The van der Waals surface area contributed by atoms with Crippen LogP contribution in [-0.2, 0) is 94.0 Å². The third kappa shape index (κ3) is 16.1. The van der Waals surface area contributed by atoms with Crippen LogP contribution in [0.1, 0.15) is 151 Å². The van der Waals surface area contributed by atoms with Gasteiger partial charge in [0, 0.05) is 0 Å². The third-order valence-corrected chi connectivity index (χ3v) is 11.5. The molecule has 0 N–H and O–H groups in total. The Hall–Kier alpha value is 0.180. The van der Waals surface area contributed by atoms with Gasteiger partial charge in [-0.1, -0.05) is 154 Å². The van der Waals surface area contributed by atoms with E-state index in [0.717, 1.165) is 0 Å². The molecule has 4 aliphatic carbocycles. The summed E-state index contributed by atoms with van der Waals surface area (Å²) in [5.74, 6) is 0. The quantitative estimate of drug-likeness (QED) is 0.126. The Morgan fingerprint density at radius 3 is 0.722 bits per heavy atom. The summed E-state index contributed by atoms with van der Waals surface area (Å²) in [4.78, 5) is 0. The SMILES string of the molecule is CC1(C)CCCc2[cH-]ccc21.CC1(C)CCCc2[cH-]ccc21.CC1(C)CCCc2[cH-]ccc21.CC1(C)CCCc2[cH-]ccc21.C[Si](C)=[Zr+2].C[Si](C)=[Zr+2].[Cl-].[Cl-]. The molecule has 0 heterocycles. The number of rotatable bonds is 0. The minimum Gasteiger partial charge on any atom is -1.00 e. The van der Waals surface area contributed by atoms with E-state index in [0.29, 0.717) is 21.7 Å². The summed E-state index contributed by atoms with van der Waals surface area (Å²) in [5.41, 5.74) is 14.9. The molecule has 0 nitrogen and oxygen atoms in total. The second-order valence-electron chi connectivity index (χ2n) is 18.8. The van der Waals surface area contributed by atoms with Crippen molar-refractivity contribution in [2.24, 2.45) is 0 Å². The van der Waals surface area contributed by atoms with E-state index in [4.69, 9.17) is 0 Å². The number of hydrogen-bond donors (Lipinski definition) is 0. The number of aryl methyl sites for hydroxylation is 4. The van der Waals surface area contributed by atoms with Gasteiger partial charge in [0.15, 0.2) is 0 Å². The van der Waals surface area contributed by atoms with Gasteiger partial charge in [0.1, 0.15) is 0 Å². The van der Waals surface area contributed by atoms with Crippen LogP contribution in [0.5, 0.6) is 0 Å². The first-order chi connectivity index (χ1) is 24.3. The molecule has 4 aliphatic rings. The maximum Gasteiger partial charge on any atom is -1.00 e. The fraction of sp³-hybridized carbons (Fsp3) is 0.583. The van der Waals surface area contributed by atoms with Crippen molar-refractivity contribution in [3.05, 3.63) is 117 Å². The monoisotopic (exact) mass is 954 g/mol. The number of halogens is 2. The zero-order valence-electron chi connectivity index (χ0n) is 36.2. The molecule has 0 saturated carbocycles. The van der Waals surface area contributed by atoms with Crippen LogP contribution < -0.4 is 24.8 Å². The van der Waals surface area contributed by atoms with Crippen molar-refractivity contribution in [3.63, 3.8) is 0 Å². The van der Waals surface area contributed by atoms with E-state index in [1.807, 2.05) is 0 Å². The van der Waals surface area contributed by atoms with E-state index >= 15 is 0 Å². The van der Waals surface area contributed by atoms with Crippen molar-refractivity contribution in [2.45, 2.75) is 180 Å². The first kappa shape index (κ1) is 52.2. The van der Waals surface area contributed by atoms with Gasteiger partial charge >= 0.3 is 83.7 Å². The van der Waals surface area contributed by atoms with Crippen molar-refractivity contribution in [1.82, 2.24) is 0 Å². The van der Waals surface area contributed by atoms with E-state index in [-0.39, 0.29) is 35.7 Å². The standard InChI is InChI=1S/4C11H15.2C2H6Si.2ClH.2Zr/c4*1-11(2)8-4-6-9-5-3-7-10(9)11;2*1-3-2;;;;/h4*3,5,7H,4,6,8H2,1-2H3;2*1-2H3;2*1H;;/q4*-1;;;;;2*+2/p-2. The summed E-state index contributed by atoms with van der Waals surface area (Å²) < 4.78 is 0. The zero-order chi connectivity index (χ0) is 38.7. The van der Waals surface area contributed by atoms with Crippen molar-refractivity contribution in [2.75, 3.05) is 0 Å². The van der Waals surface area contributed by atoms with Crippen molar-refractivity contribution >= 4 is 10.9 Å². The molecule has 0 bridgehead atoms. The molecular weight excluding hydrogens is 886 g/mol. The molecule has 0 unspecified atom stereocenters. The van der Waals surface area contributed by atoms with Gasteiger partial charge in [0.05, 0.1) is 0 Å². The number of hydrogen-bond acceptors (Lipinski definition) is 0. The van der Waals surface area contributed by atoms with E-state index in [2.05, 4.69) is 154 Å².